The van der Waals surface area contributed by atoms with Gasteiger partial charge in [0, 0.05) is 6.04 Å². The van der Waals surface area contributed by atoms with Crippen LogP contribution in [0.2, 0.25) is 0 Å². The first-order valence-electron chi connectivity index (χ1n) is 6.25. The maximum absolute atomic E-state index is 2.31. The lowest BCUT2D eigenvalue weighted by atomic mass is 9.89. The van der Waals surface area contributed by atoms with Gasteiger partial charge in [-0.3, -0.25) is 0 Å². The molecule has 2 atom stereocenters. The maximum Gasteiger partial charge on any atom is 0.0127 e. The molecule has 0 radical (unpaired) electrons. The van der Waals surface area contributed by atoms with Gasteiger partial charge in [0.25, 0.3) is 0 Å². The molecule has 0 saturated heterocycles. The number of nitrogens with zero attached hydrogens (tertiary/aromatic N) is 1. The van der Waals surface area contributed by atoms with Crippen molar-refractivity contribution in [2.75, 3.05) is 14.1 Å². The van der Waals surface area contributed by atoms with Crippen LogP contribution in [0.3, 0.4) is 0 Å². The molecular weight excluding hydrogens is 206 g/mol. The summed E-state index contributed by atoms with van der Waals surface area (Å²) in [6.45, 7) is 4.60. The lowest BCUT2D eigenvalue weighted by Gasteiger charge is -2.27. The van der Waals surface area contributed by atoms with E-state index in [1.165, 1.54) is 16.3 Å². The molecular formula is C16H21N. The van der Waals surface area contributed by atoms with E-state index in [0.717, 1.165) is 0 Å². The molecule has 17 heavy (non-hydrogen) atoms. The Hall–Kier alpha value is -1.34. The first-order valence-corrected chi connectivity index (χ1v) is 6.25. The highest BCUT2D eigenvalue weighted by molar-refractivity contribution is 5.86. The summed E-state index contributed by atoms with van der Waals surface area (Å²) in [5.41, 5.74) is 1.45. The molecule has 0 saturated carbocycles. The Morgan fingerprint density at radius 2 is 1.53 bits per heavy atom. The quantitative estimate of drug-likeness (QED) is 0.769. The summed E-state index contributed by atoms with van der Waals surface area (Å²) in [4.78, 5) is 2.28. The number of benzene rings is 2. The first-order chi connectivity index (χ1) is 8.11. The van der Waals surface area contributed by atoms with Gasteiger partial charge in [-0.25, -0.2) is 0 Å². The van der Waals surface area contributed by atoms with Crippen LogP contribution in [0.5, 0.6) is 0 Å². The first kappa shape index (κ1) is 12.1. The largest absolute Gasteiger partial charge is 0.306 e. The molecule has 90 valence electrons. The Bertz CT molecular complexity index is 496. The molecule has 0 bridgehead atoms. The summed E-state index contributed by atoms with van der Waals surface area (Å²) in [6, 6.07) is 15.8. The molecule has 1 heteroatoms. The van der Waals surface area contributed by atoms with Crippen molar-refractivity contribution in [3.8, 4) is 0 Å². The minimum absolute atomic E-state index is 0.538. The topological polar surface area (TPSA) is 3.24 Å². The van der Waals surface area contributed by atoms with Gasteiger partial charge in [-0.2, -0.15) is 0 Å². The minimum Gasteiger partial charge on any atom is -0.306 e. The summed E-state index contributed by atoms with van der Waals surface area (Å²) >= 11 is 0. The van der Waals surface area contributed by atoms with E-state index in [4.69, 9.17) is 0 Å². The van der Waals surface area contributed by atoms with Gasteiger partial charge in [-0.1, -0.05) is 49.4 Å². The normalized spacial score (nSPS) is 15.1. The standard InChI is InChI=1S/C16H21N/c1-12(13(2)17(3)4)15-11-7-9-14-8-5-6-10-16(14)15/h5-13H,1-4H3. The number of likely N-dealkylation sites (N-methyl/N-ethyl adjacent to an activating group) is 1. The van der Waals surface area contributed by atoms with Gasteiger partial charge in [-0.15, -0.1) is 0 Å². The Labute approximate surface area is 104 Å². The van der Waals surface area contributed by atoms with Crippen molar-refractivity contribution in [2.24, 2.45) is 0 Å². The van der Waals surface area contributed by atoms with Crippen LogP contribution in [0.15, 0.2) is 42.5 Å². The molecule has 0 aliphatic heterocycles. The zero-order valence-electron chi connectivity index (χ0n) is 11.1. The molecule has 2 rings (SSSR count). The van der Waals surface area contributed by atoms with E-state index in [1.807, 2.05) is 0 Å². The van der Waals surface area contributed by atoms with Crippen molar-refractivity contribution in [3.05, 3.63) is 48.0 Å². The highest BCUT2D eigenvalue weighted by Gasteiger charge is 2.17. The van der Waals surface area contributed by atoms with Crippen molar-refractivity contribution in [1.29, 1.82) is 0 Å². The van der Waals surface area contributed by atoms with E-state index in [1.54, 1.807) is 0 Å². The summed E-state index contributed by atoms with van der Waals surface area (Å²) < 4.78 is 0. The highest BCUT2D eigenvalue weighted by atomic mass is 15.1. The molecule has 0 aliphatic rings. The lowest BCUT2D eigenvalue weighted by Crippen LogP contribution is -2.29. The average Bonchev–Trinajstić information content (AvgIpc) is 2.36. The molecule has 2 aromatic carbocycles. The molecule has 0 spiro atoms. The summed E-state index contributed by atoms with van der Waals surface area (Å²) in [5, 5.41) is 2.72. The zero-order chi connectivity index (χ0) is 12.4. The van der Waals surface area contributed by atoms with E-state index in [0.29, 0.717) is 12.0 Å². The Kier molecular flexibility index (Phi) is 3.49. The molecule has 2 aromatic rings. The van der Waals surface area contributed by atoms with E-state index >= 15 is 0 Å². The number of rotatable bonds is 3. The van der Waals surface area contributed by atoms with Crippen molar-refractivity contribution < 1.29 is 0 Å². The molecule has 0 amide bonds. The van der Waals surface area contributed by atoms with Gasteiger partial charge in [0.1, 0.15) is 0 Å². The van der Waals surface area contributed by atoms with Gasteiger partial charge in [0.2, 0.25) is 0 Å². The van der Waals surface area contributed by atoms with Crippen LogP contribution < -0.4 is 0 Å². The smallest absolute Gasteiger partial charge is 0.0127 e. The molecule has 0 aliphatic carbocycles. The number of fused-ring (bicyclic) bond motifs is 1. The van der Waals surface area contributed by atoms with Crippen LogP contribution in [-0.4, -0.2) is 25.0 Å². The summed E-state index contributed by atoms with van der Waals surface area (Å²) in [5.74, 6) is 0.538. The van der Waals surface area contributed by atoms with Gasteiger partial charge >= 0.3 is 0 Å². The predicted molar refractivity (Wildman–Crippen MR) is 75.5 cm³/mol. The summed E-state index contributed by atoms with van der Waals surface area (Å²) in [6.07, 6.45) is 0. The van der Waals surface area contributed by atoms with Gasteiger partial charge in [0.15, 0.2) is 0 Å². The fraction of sp³-hybridized carbons (Fsp3) is 0.375. The van der Waals surface area contributed by atoms with Gasteiger partial charge in [-0.05, 0) is 43.3 Å². The van der Waals surface area contributed by atoms with E-state index in [2.05, 4.69) is 75.3 Å². The van der Waals surface area contributed by atoms with Crippen molar-refractivity contribution in [2.45, 2.75) is 25.8 Å². The van der Waals surface area contributed by atoms with Crippen LogP contribution in [0.25, 0.3) is 10.8 Å². The zero-order valence-corrected chi connectivity index (χ0v) is 11.1. The van der Waals surface area contributed by atoms with E-state index in [-0.39, 0.29) is 0 Å². The molecule has 0 aromatic heterocycles. The molecule has 1 nitrogen and oxygen atoms in total. The monoisotopic (exact) mass is 227 g/mol. The summed E-state index contributed by atoms with van der Waals surface area (Å²) in [7, 11) is 4.29. The molecule has 0 fully saturated rings. The predicted octanol–water partition coefficient (Wildman–Crippen LogP) is 3.89. The van der Waals surface area contributed by atoms with Crippen LogP contribution in [-0.2, 0) is 0 Å². The van der Waals surface area contributed by atoms with Crippen molar-refractivity contribution in [3.63, 3.8) is 0 Å². The third-order valence-electron chi connectivity index (χ3n) is 3.85. The fourth-order valence-corrected chi connectivity index (χ4v) is 2.35. The Balaban J connectivity index is 2.48. The number of hydrogen-bond acceptors (Lipinski definition) is 1. The Morgan fingerprint density at radius 3 is 2.24 bits per heavy atom. The second-order valence-electron chi connectivity index (χ2n) is 5.06. The van der Waals surface area contributed by atoms with Crippen molar-refractivity contribution >= 4 is 10.8 Å². The second-order valence-corrected chi connectivity index (χ2v) is 5.06. The fourth-order valence-electron chi connectivity index (χ4n) is 2.35. The lowest BCUT2D eigenvalue weighted by molar-refractivity contribution is 0.281. The minimum atomic E-state index is 0.538. The van der Waals surface area contributed by atoms with Gasteiger partial charge in [0.05, 0.1) is 0 Å². The molecule has 0 N–H and O–H groups in total. The Morgan fingerprint density at radius 1 is 0.882 bits per heavy atom. The third kappa shape index (κ3) is 2.34. The van der Waals surface area contributed by atoms with Gasteiger partial charge < -0.3 is 4.90 Å². The average molecular weight is 227 g/mol. The molecule has 0 heterocycles. The second kappa shape index (κ2) is 4.89. The molecule has 2 unspecified atom stereocenters. The van der Waals surface area contributed by atoms with E-state index in [9.17, 15) is 0 Å². The van der Waals surface area contributed by atoms with Crippen LogP contribution >= 0.6 is 0 Å². The van der Waals surface area contributed by atoms with Crippen LogP contribution in [0.1, 0.15) is 25.3 Å². The third-order valence-corrected chi connectivity index (χ3v) is 3.85. The van der Waals surface area contributed by atoms with Crippen molar-refractivity contribution in [1.82, 2.24) is 4.90 Å². The van der Waals surface area contributed by atoms with Crippen LogP contribution in [0, 0.1) is 0 Å². The SMILES string of the molecule is CC(c1cccc2ccccc12)C(C)N(C)C. The maximum atomic E-state index is 2.31. The number of hydrogen-bond donors (Lipinski definition) is 0. The van der Waals surface area contributed by atoms with Crippen LogP contribution in [0.4, 0.5) is 0 Å². The highest BCUT2D eigenvalue weighted by Crippen LogP contribution is 2.28. The van der Waals surface area contributed by atoms with E-state index < -0.39 is 0 Å².